The normalized spacial score (nSPS) is 12.4. The summed E-state index contributed by atoms with van der Waals surface area (Å²) in [5, 5.41) is 8.54. The third kappa shape index (κ3) is 7.06. The highest BCUT2D eigenvalue weighted by Gasteiger charge is 2.21. The van der Waals surface area contributed by atoms with Gasteiger partial charge in [-0.2, -0.15) is 0 Å². The molecule has 0 aliphatic heterocycles. The van der Waals surface area contributed by atoms with Gasteiger partial charge in [0.2, 0.25) is 0 Å². The smallest absolute Gasteiger partial charge is 0.418 e. The van der Waals surface area contributed by atoms with Crippen molar-refractivity contribution in [1.82, 2.24) is 0 Å². The number of carbonyl (C=O) groups excluding carboxylic acids is 1. The van der Waals surface area contributed by atoms with Crippen LogP contribution in [0.5, 0.6) is 5.75 Å². The van der Waals surface area contributed by atoms with Crippen LogP contribution in [0.15, 0.2) is 36.4 Å². The van der Waals surface area contributed by atoms with Crippen molar-refractivity contribution in [1.29, 1.82) is 0 Å². The number of esters is 1. The lowest BCUT2D eigenvalue weighted by molar-refractivity contribution is -0.168. The zero-order valence-corrected chi connectivity index (χ0v) is 16.6. The average molecular weight is 401 g/mol. The summed E-state index contributed by atoms with van der Waals surface area (Å²) in [7, 11) is 0. The second kappa shape index (κ2) is 10.5. The lowest BCUT2D eigenvalue weighted by atomic mass is 10.0. The van der Waals surface area contributed by atoms with Gasteiger partial charge in [0, 0.05) is 10.8 Å². The minimum absolute atomic E-state index is 0.164. The Kier molecular flexibility index (Phi) is 8.05. The fourth-order valence-electron chi connectivity index (χ4n) is 2.35. The van der Waals surface area contributed by atoms with Gasteiger partial charge in [0.1, 0.15) is 12.4 Å². The first-order chi connectivity index (χ1) is 13.3. The van der Waals surface area contributed by atoms with E-state index in [-0.39, 0.29) is 5.92 Å². The van der Waals surface area contributed by atoms with E-state index in [9.17, 15) is 9.59 Å². The van der Waals surface area contributed by atoms with Gasteiger partial charge in [0.25, 0.3) is 0 Å². The van der Waals surface area contributed by atoms with Crippen LogP contribution in [0.2, 0.25) is 0 Å². The molecule has 0 bridgehead atoms. The number of benzene rings is 1. The molecule has 1 unspecified atom stereocenters. The first-order valence-electron chi connectivity index (χ1n) is 8.81. The molecule has 28 heavy (non-hydrogen) atoms. The Labute approximate surface area is 168 Å². The summed E-state index contributed by atoms with van der Waals surface area (Å²) >= 11 is 1.58. The molecule has 2 atom stereocenters. The van der Waals surface area contributed by atoms with Crippen LogP contribution in [-0.2, 0) is 20.7 Å². The summed E-state index contributed by atoms with van der Waals surface area (Å²) in [6, 6.07) is 11.8. The molecule has 0 aliphatic carbocycles. The van der Waals surface area contributed by atoms with Gasteiger partial charge in [-0.15, -0.1) is 11.3 Å². The second-order valence-corrected chi connectivity index (χ2v) is 7.53. The molecule has 2 rings (SSSR count). The van der Waals surface area contributed by atoms with Crippen molar-refractivity contribution in [3.05, 3.63) is 51.7 Å². The Morgan fingerprint density at radius 1 is 1.29 bits per heavy atom. The Bertz CT molecular complexity index is 880. The van der Waals surface area contributed by atoms with Crippen molar-refractivity contribution in [3.63, 3.8) is 0 Å². The Morgan fingerprint density at radius 2 is 2.07 bits per heavy atom. The van der Waals surface area contributed by atoms with Crippen LogP contribution >= 0.6 is 11.3 Å². The molecule has 1 heterocycles. The molecule has 0 radical (unpaired) electrons. The first kappa shape index (κ1) is 21.5. The maximum atomic E-state index is 11.0. The summed E-state index contributed by atoms with van der Waals surface area (Å²) < 4.78 is 10.3. The Hall–Kier alpha value is -2.82. The number of ether oxygens (including phenoxy) is 2. The van der Waals surface area contributed by atoms with Crippen LogP contribution < -0.4 is 10.5 Å². The molecule has 0 saturated heterocycles. The van der Waals surface area contributed by atoms with E-state index in [0.29, 0.717) is 13.0 Å². The topological polar surface area (TPSA) is 98.9 Å². The number of carboxylic acids is 1. The lowest BCUT2D eigenvalue weighted by Gasteiger charge is -2.18. The maximum Gasteiger partial charge on any atom is 0.418 e. The SMILES string of the molecule is Cc1cccc(OCC#Cc2ccc(CC[C@@H](C)C(N)OC(=O)C(=O)O)s2)c1. The van der Waals surface area contributed by atoms with Crippen molar-refractivity contribution in [2.75, 3.05) is 6.61 Å². The quantitative estimate of drug-likeness (QED) is 0.320. The van der Waals surface area contributed by atoms with Crippen LogP contribution in [0.4, 0.5) is 0 Å². The molecule has 148 valence electrons. The van der Waals surface area contributed by atoms with Crippen LogP contribution in [0.25, 0.3) is 0 Å². The number of carboxylic acid groups (broad SMARTS) is 1. The third-order valence-corrected chi connectivity index (χ3v) is 5.06. The molecule has 0 spiro atoms. The number of nitrogens with two attached hydrogens (primary N) is 1. The summed E-state index contributed by atoms with van der Waals surface area (Å²) in [6.45, 7) is 4.14. The van der Waals surface area contributed by atoms with Crippen LogP contribution in [-0.4, -0.2) is 29.9 Å². The van der Waals surface area contributed by atoms with Gasteiger partial charge in [0.05, 0.1) is 4.88 Å². The fraction of sp³-hybridized carbons (Fsp3) is 0.333. The Morgan fingerprint density at radius 3 is 2.79 bits per heavy atom. The van der Waals surface area contributed by atoms with Crippen LogP contribution in [0.3, 0.4) is 0 Å². The van der Waals surface area contributed by atoms with Gasteiger partial charge in [-0.25, -0.2) is 9.59 Å². The zero-order valence-electron chi connectivity index (χ0n) is 15.8. The van der Waals surface area contributed by atoms with Crippen molar-refractivity contribution >= 4 is 23.3 Å². The summed E-state index contributed by atoms with van der Waals surface area (Å²) in [5.74, 6) is 3.75. The Balaban J connectivity index is 1.77. The standard InChI is InChI=1S/C21H23NO5S/c1-14-5-3-6-16(13-14)26-12-4-7-17-10-11-18(28-17)9-8-15(2)19(22)27-21(25)20(23)24/h3,5-6,10-11,13,15,19H,8-9,12,22H2,1-2H3,(H,23,24)/t15-,19?/m1/s1. The summed E-state index contributed by atoms with van der Waals surface area (Å²) in [6.07, 6.45) is 0.463. The monoisotopic (exact) mass is 401 g/mol. The molecule has 7 heteroatoms. The van der Waals surface area contributed by atoms with Gasteiger partial charge in [-0.05, 0) is 49.6 Å². The minimum atomic E-state index is -1.64. The van der Waals surface area contributed by atoms with Gasteiger partial charge < -0.3 is 14.6 Å². The first-order valence-corrected chi connectivity index (χ1v) is 9.63. The van der Waals surface area contributed by atoms with Crippen molar-refractivity contribution in [2.45, 2.75) is 32.9 Å². The predicted molar refractivity (Wildman–Crippen MR) is 107 cm³/mol. The molecule has 0 saturated carbocycles. The van der Waals surface area contributed by atoms with E-state index in [0.717, 1.165) is 27.5 Å². The molecule has 1 aromatic heterocycles. The number of aryl methyl sites for hydroxylation is 2. The molecular formula is C21H23NO5S. The highest BCUT2D eigenvalue weighted by Crippen LogP contribution is 2.20. The highest BCUT2D eigenvalue weighted by molar-refractivity contribution is 7.12. The van der Waals surface area contributed by atoms with Crippen molar-refractivity contribution < 1.29 is 24.2 Å². The van der Waals surface area contributed by atoms with E-state index in [1.807, 2.05) is 50.2 Å². The fourth-order valence-corrected chi connectivity index (χ4v) is 3.25. The minimum Gasteiger partial charge on any atom is -0.481 e. The van der Waals surface area contributed by atoms with Crippen LogP contribution in [0.1, 0.15) is 28.7 Å². The molecule has 2 aromatic rings. The summed E-state index contributed by atoms with van der Waals surface area (Å²) in [4.78, 5) is 23.6. The number of carbonyl (C=O) groups is 2. The largest absolute Gasteiger partial charge is 0.481 e. The maximum absolute atomic E-state index is 11.0. The second-order valence-electron chi connectivity index (χ2n) is 6.36. The number of rotatable bonds is 7. The number of hydrogen-bond donors (Lipinski definition) is 2. The predicted octanol–water partition coefficient (Wildman–Crippen LogP) is 2.97. The number of aliphatic carboxylic acids is 1. The van der Waals surface area contributed by atoms with Gasteiger partial charge in [-0.3, -0.25) is 5.73 Å². The lowest BCUT2D eigenvalue weighted by Crippen LogP contribution is -2.36. The van der Waals surface area contributed by atoms with E-state index >= 15 is 0 Å². The molecule has 0 aliphatic rings. The van der Waals surface area contributed by atoms with Crippen LogP contribution in [0, 0.1) is 24.7 Å². The number of thiophene rings is 1. The van der Waals surface area contributed by atoms with E-state index in [1.54, 1.807) is 11.3 Å². The van der Waals surface area contributed by atoms with E-state index in [4.69, 9.17) is 15.6 Å². The number of hydrogen-bond acceptors (Lipinski definition) is 6. The van der Waals surface area contributed by atoms with Gasteiger partial charge >= 0.3 is 11.9 Å². The summed E-state index contributed by atoms with van der Waals surface area (Å²) in [5.41, 5.74) is 6.86. The molecule has 3 N–H and O–H groups in total. The van der Waals surface area contributed by atoms with Crippen molar-refractivity contribution in [2.24, 2.45) is 11.7 Å². The zero-order chi connectivity index (χ0) is 20.5. The molecule has 1 aromatic carbocycles. The molecule has 0 amide bonds. The van der Waals surface area contributed by atoms with E-state index in [2.05, 4.69) is 16.6 Å². The average Bonchev–Trinajstić information content (AvgIpc) is 3.11. The molecular weight excluding hydrogens is 378 g/mol. The highest BCUT2D eigenvalue weighted by atomic mass is 32.1. The molecule has 6 nitrogen and oxygen atoms in total. The van der Waals surface area contributed by atoms with Gasteiger partial charge in [0.15, 0.2) is 6.23 Å². The van der Waals surface area contributed by atoms with E-state index in [1.165, 1.54) is 0 Å². The van der Waals surface area contributed by atoms with E-state index < -0.39 is 18.2 Å². The van der Waals surface area contributed by atoms with Crippen molar-refractivity contribution in [3.8, 4) is 17.6 Å². The van der Waals surface area contributed by atoms with Gasteiger partial charge in [-0.1, -0.05) is 30.9 Å². The third-order valence-electron chi connectivity index (χ3n) is 4.00. The molecule has 0 fully saturated rings.